The third-order valence-corrected chi connectivity index (χ3v) is 4.72. The topological polar surface area (TPSA) is 39.9 Å². The molecule has 0 saturated carbocycles. The van der Waals surface area contributed by atoms with Gasteiger partial charge in [-0.15, -0.1) is 10.2 Å². The van der Waals surface area contributed by atoms with E-state index in [0.717, 1.165) is 28.9 Å². The summed E-state index contributed by atoms with van der Waals surface area (Å²) in [5.74, 6) is 2.72. The second-order valence-corrected chi connectivity index (χ2v) is 6.69. The lowest BCUT2D eigenvalue weighted by Crippen LogP contribution is -2.03. The highest BCUT2D eigenvalue weighted by molar-refractivity contribution is 7.99. The number of aryl methyl sites for hydroxylation is 1. The molecular weight excluding hydrogens is 318 g/mol. The fourth-order valence-electron chi connectivity index (χ4n) is 2.33. The van der Waals surface area contributed by atoms with Crippen LogP contribution in [-0.4, -0.2) is 27.1 Å². The monoisotopic (exact) mass is 339 g/mol. The molecule has 0 unspecified atom stereocenters. The van der Waals surface area contributed by atoms with Gasteiger partial charge in [-0.25, -0.2) is 0 Å². The first-order chi connectivity index (χ1) is 11.7. The maximum atomic E-state index is 5.75. The molecule has 4 nitrogen and oxygen atoms in total. The second kappa shape index (κ2) is 8.02. The Morgan fingerprint density at radius 1 is 1.00 bits per heavy atom. The normalized spacial score (nSPS) is 10.8. The van der Waals surface area contributed by atoms with Gasteiger partial charge in [-0.1, -0.05) is 59.8 Å². The predicted octanol–water partition coefficient (Wildman–Crippen LogP) is 3.89. The third kappa shape index (κ3) is 4.38. The number of ether oxygens (including phenoxy) is 1. The molecular formula is C19H21N3OS. The van der Waals surface area contributed by atoms with Crippen molar-refractivity contribution in [2.45, 2.75) is 18.5 Å². The first-order valence-corrected chi connectivity index (χ1v) is 8.95. The van der Waals surface area contributed by atoms with Crippen LogP contribution < -0.4 is 4.74 Å². The number of thioether (sulfide) groups is 1. The summed E-state index contributed by atoms with van der Waals surface area (Å²) in [4.78, 5) is 0. The number of hydrogen-bond donors (Lipinski definition) is 0. The minimum Gasteiger partial charge on any atom is -0.493 e. The van der Waals surface area contributed by atoms with Crippen molar-refractivity contribution in [3.8, 4) is 5.75 Å². The molecule has 124 valence electrons. The third-order valence-electron chi connectivity index (χ3n) is 3.73. The molecule has 0 aliphatic heterocycles. The highest BCUT2D eigenvalue weighted by atomic mass is 32.2. The molecule has 0 bridgehead atoms. The summed E-state index contributed by atoms with van der Waals surface area (Å²) in [5, 5.41) is 9.52. The number of benzene rings is 2. The zero-order valence-corrected chi connectivity index (χ0v) is 14.8. The van der Waals surface area contributed by atoms with Crippen LogP contribution in [0.5, 0.6) is 5.75 Å². The van der Waals surface area contributed by atoms with Gasteiger partial charge in [0.1, 0.15) is 11.6 Å². The molecule has 0 radical (unpaired) electrons. The lowest BCUT2D eigenvalue weighted by atomic mass is 10.1. The van der Waals surface area contributed by atoms with E-state index in [2.05, 4.69) is 46.0 Å². The molecule has 0 N–H and O–H groups in total. The van der Waals surface area contributed by atoms with E-state index in [0.29, 0.717) is 6.61 Å². The zero-order chi connectivity index (χ0) is 16.8. The van der Waals surface area contributed by atoms with E-state index in [1.807, 2.05) is 37.4 Å². The number of rotatable bonds is 7. The fourth-order valence-corrected chi connectivity index (χ4v) is 3.08. The van der Waals surface area contributed by atoms with E-state index in [9.17, 15) is 0 Å². The van der Waals surface area contributed by atoms with Crippen molar-refractivity contribution < 1.29 is 4.74 Å². The first kappa shape index (κ1) is 16.6. The molecule has 3 rings (SSSR count). The smallest absolute Gasteiger partial charge is 0.191 e. The molecule has 1 aromatic heterocycles. The molecule has 5 heteroatoms. The molecule has 0 aliphatic rings. The van der Waals surface area contributed by atoms with Gasteiger partial charge in [-0.3, -0.25) is 0 Å². The van der Waals surface area contributed by atoms with E-state index in [-0.39, 0.29) is 0 Å². The summed E-state index contributed by atoms with van der Waals surface area (Å²) in [5.41, 5.74) is 2.48. The molecule has 0 aliphatic carbocycles. The van der Waals surface area contributed by atoms with Gasteiger partial charge in [0.05, 0.1) is 6.61 Å². The highest BCUT2D eigenvalue weighted by Gasteiger charge is 2.09. The maximum Gasteiger partial charge on any atom is 0.191 e. The molecule has 0 fully saturated rings. The van der Waals surface area contributed by atoms with Gasteiger partial charge in [0.2, 0.25) is 0 Å². The van der Waals surface area contributed by atoms with Crippen LogP contribution in [0.1, 0.15) is 17.0 Å². The molecule has 1 heterocycles. The Morgan fingerprint density at radius 3 is 2.50 bits per heavy atom. The molecule has 0 atom stereocenters. The second-order valence-electron chi connectivity index (χ2n) is 5.63. The maximum absolute atomic E-state index is 5.75. The average Bonchev–Trinajstić information content (AvgIpc) is 2.94. The van der Waals surface area contributed by atoms with Gasteiger partial charge in [0, 0.05) is 19.2 Å². The van der Waals surface area contributed by atoms with E-state index < -0.39 is 0 Å². The summed E-state index contributed by atoms with van der Waals surface area (Å²) in [6.07, 6.45) is 0.796. The van der Waals surface area contributed by atoms with Gasteiger partial charge >= 0.3 is 0 Å². The van der Waals surface area contributed by atoms with E-state index in [1.165, 1.54) is 11.1 Å². The van der Waals surface area contributed by atoms with Gasteiger partial charge in [-0.05, 0) is 24.6 Å². The van der Waals surface area contributed by atoms with Crippen LogP contribution in [0.2, 0.25) is 0 Å². The Morgan fingerprint density at radius 2 is 1.75 bits per heavy atom. The van der Waals surface area contributed by atoms with Crippen molar-refractivity contribution in [1.82, 2.24) is 14.8 Å². The van der Waals surface area contributed by atoms with Gasteiger partial charge in [0.25, 0.3) is 0 Å². The highest BCUT2D eigenvalue weighted by Crippen LogP contribution is 2.18. The standard InChI is InChI=1S/C19H21N3OS/c1-15-8-10-17(11-9-15)23-12-13-24-19-21-20-18(22(19)2)14-16-6-4-3-5-7-16/h3-11H,12-14H2,1-2H3. The molecule has 0 amide bonds. The lowest BCUT2D eigenvalue weighted by Gasteiger charge is -2.06. The minimum atomic E-state index is 0.647. The van der Waals surface area contributed by atoms with Crippen LogP contribution in [0.3, 0.4) is 0 Å². The van der Waals surface area contributed by atoms with Crippen LogP contribution in [0, 0.1) is 6.92 Å². The molecule has 0 saturated heterocycles. The van der Waals surface area contributed by atoms with Gasteiger partial charge in [0.15, 0.2) is 5.16 Å². The fraction of sp³-hybridized carbons (Fsp3) is 0.263. The molecule has 3 aromatic rings. The quantitative estimate of drug-likeness (QED) is 0.484. The van der Waals surface area contributed by atoms with Crippen molar-refractivity contribution in [2.75, 3.05) is 12.4 Å². The SMILES string of the molecule is Cc1ccc(OCCSc2nnc(Cc3ccccc3)n2C)cc1. The number of nitrogens with zero attached hydrogens (tertiary/aromatic N) is 3. The number of aromatic nitrogens is 3. The summed E-state index contributed by atoms with van der Waals surface area (Å²) < 4.78 is 7.81. The molecule has 24 heavy (non-hydrogen) atoms. The van der Waals surface area contributed by atoms with Crippen molar-refractivity contribution in [3.05, 3.63) is 71.5 Å². The predicted molar refractivity (Wildman–Crippen MR) is 97.6 cm³/mol. The van der Waals surface area contributed by atoms with Crippen LogP contribution in [0.4, 0.5) is 0 Å². The average molecular weight is 339 g/mol. The van der Waals surface area contributed by atoms with Crippen molar-refractivity contribution in [2.24, 2.45) is 7.05 Å². The largest absolute Gasteiger partial charge is 0.493 e. The summed E-state index contributed by atoms with van der Waals surface area (Å²) >= 11 is 1.67. The number of hydrogen-bond acceptors (Lipinski definition) is 4. The van der Waals surface area contributed by atoms with Crippen LogP contribution in [-0.2, 0) is 13.5 Å². The van der Waals surface area contributed by atoms with Crippen LogP contribution in [0.25, 0.3) is 0 Å². The zero-order valence-electron chi connectivity index (χ0n) is 14.0. The summed E-state index contributed by atoms with van der Waals surface area (Å²) in [7, 11) is 2.02. The Kier molecular flexibility index (Phi) is 5.54. The van der Waals surface area contributed by atoms with Crippen molar-refractivity contribution in [3.63, 3.8) is 0 Å². The van der Waals surface area contributed by atoms with Crippen LogP contribution >= 0.6 is 11.8 Å². The van der Waals surface area contributed by atoms with E-state index >= 15 is 0 Å². The lowest BCUT2D eigenvalue weighted by molar-refractivity contribution is 0.343. The van der Waals surface area contributed by atoms with Gasteiger partial charge < -0.3 is 9.30 Å². The first-order valence-electron chi connectivity index (χ1n) is 7.97. The Hall–Kier alpha value is -2.27. The van der Waals surface area contributed by atoms with Crippen molar-refractivity contribution >= 4 is 11.8 Å². The molecule has 0 spiro atoms. The van der Waals surface area contributed by atoms with E-state index in [1.54, 1.807) is 11.8 Å². The Labute approximate surface area is 146 Å². The van der Waals surface area contributed by atoms with E-state index in [4.69, 9.17) is 4.74 Å². The minimum absolute atomic E-state index is 0.647. The Bertz CT molecular complexity index is 769. The van der Waals surface area contributed by atoms with Crippen molar-refractivity contribution in [1.29, 1.82) is 0 Å². The molecule has 2 aromatic carbocycles. The summed E-state index contributed by atoms with van der Waals surface area (Å²) in [6.45, 7) is 2.72. The summed E-state index contributed by atoms with van der Waals surface area (Å²) in [6, 6.07) is 18.4. The Balaban J connectivity index is 1.50. The van der Waals surface area contributed by atoms with Gasteiger partial charge in [-0.2, -0.15) is 0 Å². The van der Waals surface area contributed by atoms with Crippen LogP contribution in [0.15, 0.2) is 59.8 Å².